The van der Waals surface area contributed by atoms with E-state index < -0.39 is 5.91 Å². The second kappa shape index (κ2) is 7.25. The predicted octanol–water partition coefficient (Wildman–Crippen LogP) is 3.60. The number of carbonyl (C=O) groups excluding carboxylic acids is 1. The number of rotatable bonds is 5. The number of halogens is 1. The van der Waals surface area contributed by atoms with Crippen molar-refractivity contribution < 1.29 is 13.7 Å². The Labute approximate surface area is 154 Å². The molecule has 2 heterocycles. The lowest BCUT2D eigenvalue weighted by Gasteiger charge is -2.03. The van der Waals surface area contributed by atoms with Gasteiger partial charge < -0.3 is 14.4 Å². The molecule has 0 radical (unpaired) electrons. The molecular formula is C20H15FN4O2. The molecule has 2 aromatic heterocycles. The van der Waals surface area contributed by atoms with Crippen LogP contribution in [0.2, 0.25) is 0 Å². The quantitative estimate of drug-likeness (QED) is 0.589. The number of nitrogens with one attached hydrogen (secondary N) is 1. The molecule has 134 valence electrons. The lowest BCUT2D eigenvalue weighted by Crippen LogP contribution is -2.23. The van der Waals surface area contributed by atoms with E-state index in [1.54, 1.807) is 12.1 Å². The van der Waals surface area contributed by atoms with Crippen LogP contribution in [-0.2, 0) is 6.54 Å². The van der Waals surface area contributed by atoms with E-state index in [0.717, 1.165) is 11.3 Å². The Kier molecular flexibility index (Phi) is 4.49. The second-order valence-corrected chi connectivity index (χ2v) is 5.87. The topological polar surface area (TPSA) is 73.0 Å². The van der Waals surface area contributed by atoms with Gasteiger partial charge in [0, 0.05) is 30.2 Å². The number of aromatic nitrogens is 3. The SMILES string of the molecule is O=C(NCc1cccc(F)c1)c1nc(-c2ccc(-n3cccc3)cc2)no1. The zero-order valence-corrected chi connectivity index (χ0v) is 14.2. The highest BCUT2D eigenvalue weighted by atomic mass is 19.1. The molecule has 0 bridgehead atoms. The van der Waals surface area contributed by atoms with Gasteiger partial charge in [-0.25, -0.2) is 4.39 Å². The van der Waals surface area contributed by atoms with Gasteiger partial charge in [0.2, 0.25) is 5.82 Å². The van der Waals surface area contributed by atoms with Crippen LogP contribution in [0.1, 0.15) is 16.2 Å². The van der Waals surface area contributed by atoms with Crippen molar-refractivity contribution in [2.24, 2.45) is 0 Å². The number of hydrogen-bond acceptors (Lipinski definition) is 4. The fourth-order valence-electron chi connectivity index (χ4n) is 2.63. The van der Waals surface area contributed by atoms with Crippen LogP contribution in [0.15, 0.2) is 77.6 Å². The Morgan fingerprint density at radius 2 is 1.85 bits per heavy atom. The maximum atomic E-state index is 13.2. The maximum Gasteiger partial charge on any atom is 0.316 e. The molecule has 0 aliphatic carbocycles. The first-order valence-corrected chi connectivity index (χ1v) is 8.29. The van der Waals surface area contributed by atoms with E-state index in [-0.39, 0.29) is 18.3 Å². The van der Waals surface area contributed by atoms with Crippen molar-refractivity contribution in [3.05, 3.63) is 90.3 Å². The molecule has 0 spiro atoms. The molecule has 27 heavy (non-hydrogen) atoms. The number of amides is 1. The first kappa shape index (κ1) is 16.7. The Balaban J connectivity index is 1.44. The van der Waals surface area contributed by atoms with Gasteiger partial charge in [0.25, 0.3) is 0 Å². The van der Waals surface area contributed by atoms with Gasteiger partial charge in [-0.15, -0.1) is 0 Å². The lowest BCUT2D eigenvalue weighted by molar-refractivity contribution is 0.0907. The van der Waals surface area contributed by atoms with Gasteiger partial charge in [-0.1, -0.05) is 17.3 Å². The molecule has 4 rings (SSSR count). The summed E-state index contributed by atoms with van der Waals surface area (Å²) in [6.45, 7) is 0.167. The Hall–Kier alpha value is -3.74. The molecule has 7 heteroatoms. The fourth-order valence-corrected chi connectivity index (χ4v) is 2.63. The molecule has 0 unspecified atom stereocenters. The molecule has 4 aromatic rings. The number of carbonyl (C=O) groups is 1. The van der Waals surface area contributed by atoms with Crippen molar-refractivity contribution in [3.8, 4) is 17.1 Å². The van der Waals surface area contributed by atoms with Crippen molar-refractivity contribution in [2.75, 3.05) is 0 Å². The van der Waals surface area contributed by atoms with E-state index >= 15 is 0 Å². The number of nitrogens with zero attached hydrogens (tertiary/aromatic N) is 3. The summed E-state index contributed by atoms with van der Waals surface area (Å²) in [5, 5.41) is 6.49. The molecule has 6 nitrogen and oxygen atoms in total. The summed E-state index contributed by atoms with van der Waals surface area (Å²) >= 11 is 0. The van der Waals surface area contributed by atoms with Crippen molar-refractivity contribution in [1.29, 1.82) is 0 Å². The van der Waals surface area contributed by atoms with Gasteiger partial charge in [-0.05, 0) is 54.1 Å². The maximum absolute atomic E-state index is 13.2. The average molecular weight is 362 g/mol. The summed E-state index contributed by atoms with van der Waals surface area (Å²) in [7, 11) is 0. The molecule has 2 aromatic carbocycles. The second-order valence-electron chi connectivity index (χ2n) is 5.87. The summed E-state index contributed by atoms with van der Waals surface area (Å²) in [6.07, 6.45) is 3.90. The van der Waals surface area contributed by atoms with Gasteiger partial charge in [-0.3, -0.25) is 4.79 Å². The molecule has 1 N–H and O–H groups in total. The Morgan fingerprint density at radius 1 is 1.07 bits per heavy atom. The molecule has 0 atom stereocenters. The van der Waals surface area contributed by atoms with Crippen LogP contribution in [0.3, 0.4) is 0 Å². The van der Waals surface area contributed by atoms with E-state index in [0.29, 0.717) is 11.4 Å². The summed E-state index contributed by atoms with van der Waals surface area (Å²) in [4.78, 5) is 16.3. The van der Waals surface area contributed by atoms with Crippen molar-refractivity contribution in [1.82, 2.24) is 20.0 Å². The zero-order chi connectivity index (χ0) is 18.6. The summed E-state index contributed by atoms with van der Waals surface area (Å²) in [6, 6.07) is 17.5. The van der Waals surface area contributed by atoms with Crippen LogP contribution in [0.4, 0.5) is 4.39 Å². The van der Waals surface area contributed by atoms with Crippen LogP contribution in [-0.4, -0.2) is 20.6 Å². The molecular weight excluding hydrogens is 347 g/mol. The first-order valence-electron chi connectivity index (χ1n) is 8.29. The highest BCUT2D eigenvalue weighted by Gasteiger charge is 2.16. The molecule has 0 saturated heterocycles. The monoisotopic (exact) mass is 362 g/mol. The first-order chi connectivity index (χ1) is 13.2. The third kappa shape index (κ3) is 3.77. The number of hydrogen-bond donors (Lipinski definition) is 1. The van der Waals surface area contributed by atoms with E-state index in [1.165, 1.54) is 12.1 Å². The number of benzene rings is 2. The third-order valence-electron chi connectivity index (χ3n) is 3.99. The van der Waals surface area contributed by atoms with E-state index in [4.69, 9.17) is 4.52 Å². The average Bonchev–Trinajstić information content (AvgIpc) is 3.38. The Morgan fingerprint density at radius 3 is 2.59 bits per heavy atom. The molecule has 0 aliphatic heterocycles. The van der Waals surface area contributed by atoms with E-state index in [1.807, 2.05) is 53.4 Å². The van der Waals surface area contributed by atoms with Crippen LogP contribution in [0.5, 0.6) is 0 Å². The minimum Gasteiger partial charge on any atom is -0.344 e. The van der Waals surface area contributed by atoms with Gasteiger partial charge in [0.05, 0.1) is 0 Å². The fraction of sp³-hybridized carbons (Fsp3) is 0.0500. The molecule has 0 aliphatic rings. The molecule has 0 fully saturated rings. The Bertz CT molecular complexity index is 1060. The lowest BCUT2D eigenvalue weighted by atomic mass is 10.2. The highest BCUT2D eigenvalue weighted by Crippen LogP contribution is 2.18. The van der Waals surface area contributed by atoms with Crippen molar-refractivity contribution >= 4 is 5.91 Å². The third-order valence-corrected chi connectivity index (χ3v) is 3.99. The van der Waals surface area contributed by atoms with Crippen LogP contribution >= 0.6 is 0 Å². The normalized spacial score (nSPS) is 10.7. The highest BCUT2D eigenvalue weighted by molar-refractivity contribution is 5.89. The minimum absolute atomic E-state index is 0.143. The zero-order valence-electron chi connectivity index (χ0n) is 14.2. The van der Waals surface area contributed by atoms with Crippen LogP contribution in [0, 0.1) is 5.82 Å². The summed E-state index contributed by atoms with van der Waals surface area (Å²) in [5.74, 6) is -0.687. The summed E-state index contributed by atoms with van der Waals surface area (Å²) in [5.41, 5.74) is 2.38. The molecule has 0 saturated carbocycles. The smallest absolute Gasteiger partial charge is 0.316 e. The summed E-state index contributed by atoms with van der Waals surface area (Å²) < 4.78 is 20.2. The molecule has 1 amide bonds. The minimum atomic E-state index is -0.512. The van der Waals surface area contributed by atoms with Crippen LogP contribution in [0.25, 0.3) is 17.1 Å². The van der Waals surface area contributed by atoms with Crippen LogP contribution < -0.4 is 5.32 Å². The van der Waals surface area contributed by atoms with Crippen molar-refractivity contribution in [2.45, 2.75) is 6.54 Å². The van der Waals surface area contributed by atoms with E-state index in [2.05, 4.69) is 15.5 Å². The standard InChI is InChI=1S/C20H15FN4O2/c21-16-5-3-4-14(12-16)13-22-19(26)20-23-18(24-27-20)15-6-8-17(9-7-15)25-10-1-2-11-25/h1-12H,13H2,(H,22,26). The predicted molar refractivity (Wildman–Crippen MR) is 96.6 cm³/mol. The van der Waals surface area contributed by atoms with Gasteiger partial charge in [-0.2, -0.15) is 4.98 Å². The van der Waals surface area contributed by atoms with E-state index in [9.17, 15) is 9.18 Å². The largest absolute Gasteiger partial charge is 0.344 e. The van der Waals surface area contributed by atoms with Gasteiger partial charge >= 0.3 is 11.8 Å². The van der Waals surface area contributed by atoms with Gasteiger partial charge in [0.15, 0.2) is 0 Å². The van der Waals surface area contributed by atoms with Gasteiger partial charge in [0.1, 0.15) is 5.82 Å². The van der Waals surface area contributed by atoms with Crippen molar-refractivity contribution in [3.63, 3.8) is 0 Å².